The van der Waals surface area contributed by atoms with E-state index in [0.29, 0.717) is 30.8 Å². The number of piperazine rings is 1. The first kappa shape index (κ1) is 21.3. The normalized spacial score (nSPS) is 17.2. The van der Waals surface area contributed by atoms with Crippen LogP contribution < -0.4 is 9.47 Å². The molecule has 1 amide bonds. The Morgan fingerprint density at radius 3 is 2.32 bits per heavy atom. The van der Waals surface area contributed by atoms with Gasteiger partial charge in [0.2, 0.25) is 15.9 Å². The zero-order chi connectivity index (χ0) is 22.0. The fourth-order valence-electron chi connectivity index (χ4n) is 3.37. The molecule has 0 spiro atoms. The van der Waals surface area contributed by atoms with Gasteiger partial charge in [-0.25, -0.2) is 17.2 Å². The smallest absolute Gasteiger partial charge is 0.246 e. The highest BCUT2D eigenvalue weighted by atomic mass is 32.2. The number of hydrogen-bond donors (Lipinski definition) is 0. The van der Waals surface area contributed by atoms with E-state index in [1.165, 1.54) is 11.0 Å². The number of hydrogen-bond acceptors (Lipinski definition) is 5. The summed E-state index contributed by atoms with van der Waals surface area (Å²) in [5, 5.41) is 0. The Morgan fingerprint density at radius 1 is 0.903 bits per heavy atom. The van der Waals surface area contributed by atoms with E-state index in [4.69, 9.17) is 9.47 Å². The van der Waals surface area contributed by atoms with Crippen molar-refractivity contribution < 1.29 is 31.5 Å². The van der Waals surface area contributed by atoms with Crippen LogP contribution in [0.5, 0.6) is 11.5 Å². The van der Waals surface area contributed by atoms with E-state index < -0.39 is 21.7 Å². The largest absolute Gasteiger partial charge is 0.486 e. The van der Waals surface area contributed by atoms with Gasteiger partial charge in [0.1, 0.15) is 13.2 Å². The highest BCUT2D eigenvalue weighted by molar-refractivity contribution is 7.89. The minimum atomic E-state index is -3.97. The molecule has 10 heteroatoms. The minimum Gasteiger partial charge on any atom is -0.486 e. The second-order valence-corrected chi connectivity index (χ2v) is 8.98. The number of halogens is 2. The minimum absolute atomic E-state index is 0.0604. The molecular formula is C21H20F2N2O5S. The summed E-state index contributed by atoms with van der Waals surface area (Å²) in [7, 11) is -3.97. The lowest BCUT2D eigenvalue weighted by Gasteiger charge is -2.33. The predicted molar refractivity (Wildman–Crippen MR) is 108 cm³/mol. The SMILES string of the molecule is O=C(C=Cc1ccc2c(c1)OCCO2)N1CCN(S(=O)(=O)c2ccc(F)c(F)c2)CC1. The molecule has 0 bridgehead atoms. The van der Waals surface area contributed by atoms with Crippen LogP contribution in [0.3, 0.4) is 0 Å². The molecule has 0 atom stereocenters. The summed E-state index contributed by atoms with van der Waals surface area (Å²) in [6.07, 6.45) is 3.08. The van der Waals surface area contributed by atoms with Crippen LogP contribution in [0.4, 0.5) is 8.78 Å². The van der Waals surface area contributed by atoms with Crippen molar-refractivity contribution in [3.8, 4) is 11.5 Å². The van der Waals surface area contributed by atoms with Gasteiger partial charge in [0.25, 0.3) is 0 Å². The maximum absolute atomic E-state index is 13.4. The third-order valence-corrected chi connectivity index (χ3v) is 6.96. The Kier molecular flexibility index (Phi) is 5.92. The average Bonchev–Trinajstić information content (AvgIpc) is 2.79. The van der Waals surface area contributed by atoms with Crippen molar-refractivity contribution in [2.75, 3.05) is 39.4 Å². The van der Waals surface area contributed by atoms with Crippen LogP contribution in [0, 0.1) is 11.6 Å². The van der Waals surface area contributed by atoms with Crippen molar-refractivity contribution in [1.29, 1.82) is 0 Å². The Bertz CT molecular complexity index is 1130. The third kappa shape index (κ3) is 4.54. The van der Waals surface area contributed by atoms with Crippen LogP contribution in [0.1, 0.15) is 5.56 Å². The van der Waals surface area contributed by atoms with E-state index in [0.717, 1.165) is 22.0 Å². The molecule has 2 aliphatic rings. The number of ether oxygens (including phenoxy) is 2. The molecule has 0 N–H and O–H groups in total. The standard InChI is InChI=1S/C21H20F2N2O5S/c22-17-4-3-16(14-18(17)23)31(27,28)25-9-7-24(8-10-25)21(26)6-2-15-1-5-19-20(13-15)30-12-11-29-19/h1-6,13-14H,7-12H2. The average molecular weight is 450 g/mol. The second kappa shape index (κ2) is 8.64. The molecular weight excluding hydrogens is 430 g/mol. The predicted octanol–water partition coefficient (Wildman–Crippen LogP) is 2.28. The van der Waals surface area contributed by atoms with Crippen LogP contribution in [-0.2, 0) is 14.8 Å². The molecule has 2 aliphatic heterocycles. The lowest BCUT2D eigenvalue weighted by atomic mass is 10.1. The van der Waals surface area contributed by atoms with Crippen molar-refractivity contribution in [3.05, 3.63) is 59.7 Å². The van der Waals surface area contributed by atoms with E-state index in [9.17, 15) is 22.0 Å². The maximum atomic E-state index is 13.4. The third-order valence-electron chi connectivity index (χ3n) is 5.06. The van der Waals surface area contributed by atoms with Gasteiger partial charge < -0.3 is 14.4 Å². The first-order chi connectivity index (χ1) is 14.8. The van der Waals surface area contributed by atoms with Crippen molar-refractivity contribution in [2.45, 2.75) is 4.90 Å². The number of benzene rings is 2. The highest BCUT2D eigenvalue weighted by Crippen LogP contribution is 2.31. The lowest BCUT2D eigenvalue weighted by Crippen LogP contribution is -2.50. The highest BCUT2D eigenvalue weighted by Gasteiger charge is 2.30. The van der Waals surface area contributed by atoms with Gasteiger partial charge in [-0.3, -0.25) is 4.79 Å². The first-order valence-corrected chi connectivity index (χ1v) is 11.1. The molecule has 1 saturated heterocycles. The van der Waals surface area contributed by atoms with Gasteiger partial charge in [0, 0.05) is 32.3 Å². The first-order valence-electron chi connectivity index (χ1n) is 9.66. The fourth-order valence-corrected chi connectivity index (χ4v) is 4.81. The van der Waals surface area contributed by atoms with E-state index >= 15 is 0 Å². The molecule has 0 aliphatic carbocycles. The number of amides is 1. The maximum Gasteiger partial charge on any atom is 0.246 e. The monoisotopic (exact) mass is 450 g/mol. The van der Waals surface area contributed by atoms with Crippen LogP contribution in [0.2, 0.25) is 0 Å². The Morgan fingerprint density at radius 2 is 1.61 bits per heavy atom. The van der Waals surface area contributed by atoms with Crippen molar-refractivity contribution in [2.24, 2.45) is 0 Å². The number of rotatable bonds is 4. The Labute approximate surface area is 178 Å². The van der Waals surface area contributed by atoms with Crippen molar-refractivity contribution >= 4 is 22.0 Å². The van der Waals surface area contributed by atoms with Gasteiger partial charge in [-0.2, -0.15) is 4.31 Å². The second-order valence-electron chi connectivity index (χ2n) is 7.04. The van der Waals surface area contributed by atoms with Gasteiger partial charge in [-0.15, -0.1) is 0 Å². The molecule has 0 unspecified atom stereocenters. The van der Waals surface area contributed by atoms with Gasteiger partial charge >= 0.3 is 0 Å². The molecule has 0 aromatic heterocycles. The molecule has 1 fully saturated rings. The zero-order valence-corrected chi connectivity index (χ0v) is 17.3. The van der Waals surface area contributed by atoms with Gasteiger partial charge in [-0.1, -0.05) is 6.07 Å². The van der Waals surface area contributed by atoms with E-state index in [1.54, 1.807) is 18.2 Å². The quantitative estimate of drug-likeness (QED) is 0.668. The number of fused-ring (bicyclic) bond motifs is 1. The van der Waals surface area contributed by atoms with Gasteiger partial charge in [0.15, 0.2) is 23.1 Å². The van der Waals surface area contributed by atoms with E-state index in [1.807, 2.05) is 6.07 Å². The number of nitrogens with zero attached hydrogens (tertiary/aromatic N) is 2. The summed E-state index contributed by atoms with van der Waals surface area (Å²) in [4.78, 5) is 13.7. The Hall–Kier alpha value is -2.98. The van der Waals surface area contributed by atoms with Gasteiger partial charge in [0.05, 0.1) is 4.90 Å². The summed E-state index contributed by atoms with van der Waals surface area (Å²) in [5.41, 5.74) is 0.775. The van der Waals surface area contributed by atoms with E-state index in [-0.39, 0.29) is 37.0 Å². The zero-order valence-electron chi connectivity index (χ0n) is 16.5. The van der Waals surface area contributed by atoms with Crippen molar-refractivity contribution in [1.82, 2.24) is 9.21 Å². The lowest BCUT2D eigenvalue weighted by molar-refractivity contribution is -0.127. The van der Waals surface area contributed by atoms with E-state index in [2.05, 4.69) is 0 Å². The van der Waals surface area contributed by atoms with Crippen LogP contribution in [0.15, 0.2) is 47.4 Å². The molecule has 0 saturated carbocycles. The van der Waals surface area contributed by atoms with Gasteiger partial charge in [-0.05, 0) is 42.0 Å². The number of sulfonamides is 1. The topological polar surface area (TPSA) is 76.2 Å². The fraction of sp³-hybridized carbons (Fsp3) is 0.286. The summed E-state index contributed by atoms with van der Waals surface area (Å²) >= 11 is 0. The van der Waals surface area contributed by atoms with Crippen LogP contribution in [0.25, 0.3) is 6.08 Å². The molecule has 31 heavy (non-hydrogen) atoms. The van der Waals surface area contributed by atoms with Crippen molar-refractivity contribution in [3.63, 3.8) is 0 Å². The summed E-state index contributed by atoms with van der Waals surface area (Å²) in [6, 6.07) is 7.85. The van der Waals surface area contributed by atoms with Crippen LogP contribution >= 0.6 is 0 Å². The molecule has 2 aromatic carbocycles. The molecule has 0 radical (unpaired) electrons. The summed E-state index contributed by atoms with van der Waals surface area (Å²) < 4.78 is 64.0. The van der Waals surface area contributed by atoms with Crippen LogP contribution in [-0.4, -0.2) is 62.9 Å². The summed E-state index contributed by atoms with van der Waals surface area (Å²) in [6.45, 7) is 1.46. The Balaban J connectivity index is 1.37. The number of carbonyl (C=O) groups excluding carboxylic acids is 1. The molecule has 4 rings (SSSR count). The molecule has 2 aromatic rings. The molecule has 164 valence electrons. The molecule has 7 nitrogen and oxygen atoms in total. The number of carbonyl (C=O) groups is 1. The summed E-state index contributed by atoms with van der Waals surface area (Å²) in [5.74, 6) is -1.30. The molecule has 2 heterocycles.